The van der Waals surface area contributed by atoms with Gasteiger partial charge in [-0.25, -0.2) is 14.8 Å². The van der Waals surface area contributed by atoms with E-state index >= 15 is 0 Å². The molecule has 0 unspecified atom stereocenters. The van der Waals surface area contributed by atoms with E-state index in [2.05, 4.69) is 9.97 Å². The molecule has 1 heterocycles. The highest BCUT2D eigenvalue weighted by Gasteiger charge is 2.16. The number of rotatable bonds is 7. The lowest BCUT2D eigenvalue weighted by molar-refractivity contribution is -0.130. The van der Waals surface area contributed by atoms with Crippen LogP contribution in [0, 0.1) is 0 Å². The molecule has 136 valence electrons. The Labute approximate surface area is 155 Å². The third-order valence-corrected chi connectivity index (χ3v) is 3.43. The number of methoxy groups -OCH3 is 1. The van der Waals surface area contributed by atoms with Crippen LogP contribution in [0.2, 0.25) is 0 Å². The van der Waals surface area contributed by atoms with Crippen LogP contribution in [0.5, 0.6) is 23.3 Å². The molecule has 2 aromatic carbocycles. The molecule has 3 aromatic rings. The zero-order valence-electron chi connectivity index (χ0n) is 14.4. The molecule has 0 fully saturated rings. The predicted molar refractivity (Wildman–Crippen MR) is 97.7 cm³/mol. The number of hydrogen-bond acceptors (Lipinski definition) is 6. The van der Waals surface area contributed by atoms with Crippen molar-refractivity contribution in [3.63, 3.8) is 0 Å². The van der Waals surface area contributed by atoms with E-state index in [1.54, 1.807) is 67.0 Å². The maximum Gasteiger partial charge on any atom is 0.339 e. The molecule has 7 nitrogen and oxygen atoms in total. The molecule has 27 heavy (non-hydrogen) atoms. The molecule has 0 aliphatic carbocycles. The van der Waals surface area contributed by atoms with Crippen molar-refractivity contribution in [2.45, 2.75) is 0 Å². The van der Waals surface area contributed by atoms with Gasteiger partial charge in [-0.1, -0.05) is 24.3 Å². The minimum atomic E-state index is -1.12. The number of nitrogens with zero attached hydrogens (tertiary/aromatic N) is 2. The van der Waals surface area contributed by atoms with E-state index in [9.17, 15) is 9.90 Å². The highest BCUT2D eigenvalue weighted by molar-refractivity contribution is 6.15. The van der Waals surface area contributed by atoms with E-state index in [-0.39, 0.29) is 11.6 Å². The van der Waals surface area contributed by atoms with Crippen molar-refractivity contribution in [3.05, 3.63) is 78.8 Å². The number of benzene rings is 2. The summed E-state index contributed by atoms with van der Waals surface area (Å²) in [5.74, 6) is 0.211. The number of para-hydroxylation sites is 1. The van der Waals surface area contributed by atoms with Crippen LogP contribution in [0.15, 0.2) is 73.3 Å². The third kappa shape index (κ3) is 4.60. The molecule has 0 saturated heterocycles. The van der Waals surface area contributed by atoms with E-state index in [1.165, 1.54) is 7.11 Å². The van der Waals surface area contributed by atoms with Crippen LogP contribution in [-0.4, -0.2) is 28.2 Å². The van der Waals surface area contributed by atoms with Crippen LogP contribution in [0.25, 0.3) is 5.57 Å². The summed E-state index contributed by atoms with van der Waals surface area (Å²) in [5.41, 5.74) is 0.378. The second kappa shape index (κ2) is 8.48. The Kier molecular flexibility index (Phi) is 5.64. The Bertz CT molecular complexity index is 957. The van der Waals surface area contributed by atoms with Gasteiger partial charge in [0.2, 0.25) is 0 Å². The third-order valence-electron chi connectivity index (χ3n) is 3.43. The number of ether oxygens (including phenoxy) is 3. The summed E-state index contributed by atoms with van der Waals surface area (Å²) < 4.78 is 16.3. The van der Waals surface area contributed by atoms with Gasteiger partial charge in [0.15, 0.2) is 0 Å². The summed E-state index contributed by atoms with van der Waals surface area (Å²) in [5, 5.41) is 9.42. The molecule has 0 aliphatic rings. The first-order chi connectivity index (χ1) is 13.2. The largest absolute Gasteiger partial charge is 0.503 e. The van der Waals surface area contributed by atoms with Crippen LogP contribution in [0.3, 0.4) is 0 Å². The Morgan fingerprint density at radius 1 is 0.963 bits per heavy atom. The molecular weight excluding hydrogens is 348 g/mol. The summed E-state index contributed by atoms with van der Waals surface area (Å²) in [6.07, 6.45) is 4.32. The predicted octanol–water partition coefficient (Wildman–Crippen LogP) is 4.13. The minimum absolute atomic E-state index is 0.0156. The van der Waals surface area contributed by atoms with E-state index in [0.717, 1.165) is 6.26 Å². The molecule has 3 rings (SSSR count). The van der Waals surface area contributed by atoms with Crippen LogP contribution in [0.4, 0.5) is 0 Å². The molecule has 0 saturated carbocycles. The average molecular weight is 364 g/mol. The van der Waals surface area contributed by atoms with Crippen LogP contribution < -0.4 is 9.47 Å². The Hall–Kier alpha value is -3.87. The topological polar surface area (TPSA) is 90.8 Å². The van der Waals surface area contributed by atoms with Gasteiger partial charge in [0, 0.05) is 24.0 Å². The van der Waals surface area contributed by atoms with Gasteiger partial charge < -0.3 is 19.3 Å². The van der Waals surface area contributed by atoms with Crippen molar-refractivity contribution < 1.29 is 24.1 Å². The van der Waals surface area contributed by atoms with E-state index in [4.69, 9.17) is 14.2 Å². The van der Waals surface area contributed by atoms with Gasteiger partial charge in [-0.15, -0.1) is 0 Å². The standard InChI is InChI=1S/C20H16N2O5/c1-25-13-17(19(23)24)16-8-2-3-9-18(16)26-14-6-4-7-15(12-14)27-20-21-10-5-11-22-20/h2-13H,1H3,(H,23,24). The van der Waals surface area contributed by atoms with Gasteiger partial charge in [-0.2, -0.15) is 0 Å². The molecule has 0 radical (unpaired) electrons. The fourth-order valence-electron chi connectivity index (χ4n) is 2.30. The lowest BCUT2D eigenvalue weighted by Gasteiger charge is -2.12. The number of hydrogen-bond donors (Lipinski definition) is 1. The zero-order chi connectivity index (χ0) is 19.1. The molecule has 0 bridgehead atoms. The van der Waals surface area contributed by atoms with Crippen molar-refractivity contribution in [2.75, 3.05) is 7.11 Å². The first-order valence-electron chi connectivity index (χ1n) is 7.96. The minimum Gasteiger partial charge on any atom is -0.503 e. The van der Waals surface area contributed by atoms with E-state index in [0.29, 0.717) is 22.8 Å². The van der Waals surface area contributed by atoms with Crippen molar-refractivity contribution >= 4 is 11.5 Å². The van der Waals surface area contributed by atoms with Gasteiger partial charge in [-0.05, 0) is 24.3 Å². The molecule has 0 spiro atoms. The molecule has 0 atom stereocenters. The summed E-state index contributed by atoms with van der Waals surface area (Å²) in [6, 6.07) is 15.6. The van der Waals surface area contributed by atoms with Gasteiger partial charge in [-0.3, -0.25) is 0 Å². The van der Waals surface area contributed by atoms with Crippen molar-refractivity contribution in [1.82, 2.24) is 9.97 Å². The van der Waals surface area contributed by atoms with Gasteiger partial charge in [0.1, 0.15) is 22.8 Å². The van der Waals surface area contributed by atoms with Crippen molar-refractivity contribution in [1.29, 1.82) is 0 Å². The highest BCUT2D eigenvalue weighted by Crippen LogP contribution is 2.32. The maximum absolute atomic E-state index is 11.5. The lowest BCUT2D eigenvalue weighted by Crippen LogP contribution is -2.02. The first kappa shape index (κ1) is 17.9. The van der Waals surface area contributed by atoms with Crippen LogP contribution in [0.1, 0.15) is 5.56 Å². The molecule has 0 aliphatic heterocycles. The number of carbonyl (C=O) groups is 1. The highest BCUT2D eigenvalue weighted by atomic mass is 16.5. The molecule has 1 N–H and O–H groups in total. The van der Waals surface area contributed by atoms with E-state index < -0.39 is 5.97 Å². The van der Waals surface area contributed by atoms with Crippen LogP contribution in [-0.2, 0) is 9.53 Å². The normalized spacial score (nSPS) is 10.9. The fourth-order valence-corrected chi connectivity index (χ4v) is 2.30. The molecular formula is C20H16N2O5. The van der Waals surface area contributed by atoms with Crippen molar-refractivity contribution in [2.24, 2.45) is 0 Å². The summed E-state index contributed by atoms with van der Waals surface area (Å²) >= 11 is 0. The fraction of sp³-hybridized carbons (Fsp3) is 0.0500. The lowest BCUT2D eigenvalue weighted by atomic mass is 10.1. The number of aromatic nitrogens is 2. The Morgan fingerprint density at radius 2 is 1.67 bits per heavy atom. The van der Waals surface area contributed by atoms with Gasteiger partial charge >= 0.3 is 12.0 Å². The summed E-state index contributed by atoms with van der Waals surface area (Å²) in [7, 11) is 1.39. The molecule has 0 amide bonds. The van der Waals surface area contributed by atoms with Gasteiger partial charge in [0.25, 0.3) is 0 Å². The van der Waals surface area contributed by atoms with Gasteiger partial charge in [0.05, 0.1) is 13.4 Å². The Balaban J connectivity index is 1.87. The number of carboxylic acid groups (broad SMARTS) is 1. The Morgan fingerprint density at radius 3 is 2.37 bits per heavy atom. The summed E-state index contributed by atoms with van der Waals surface area (Å²) in [6.45, 7) is 0. The van der Waals surface area contributed by atoms with Crippen molar-refractivity contribution in [3.8, 4) is 23.3 Å². The molecule has 1 aromatic heterocycles. The number of carboxylic acids is 1. The number of aliphatic carboxylic acids is 1. The van der Waals surface area contributed by atoms with Crippen LogP contribution >= 0.6 is 0 Å². The zero-order valence-corrected chi connectivity index (χ0v) is 14.4. The summed E-state index contributed by atoms with van der Waals surface area (Å²) in [4.78, 5) is 19.5. The first-order valence-corrected chi connectivity index (χ1v) is 7.96. The monoisotopic (exact) mass is 364 g/mol. The maximum atomic E-state index is 11.5. The van der Waals surface area contributed by atoms with E-state index in [1.807, 2.05) is 0 Å². The second-order valence-electron chi connectivity index (χ2n) is 5.28. The SMILES string of the molecule is COC=C(C(=O)O)c1ccccc1Oc1cccc(Oc2ncccn2)c1. The smallest absolute Gasteiger partial charge is 0.339 e. The quantitative estimate of drug-likeness (QED) is 0.498. The molecule has 7 heteroatoms. The average Bonchev–Trinajstić information content (AvgIpc) is 2.68. The second-order valence-corrected chi connectivity index (χ2v) is 5.28.